The van der Waals surface area contributed by atoms with E-state index < -0.39 is 12.1 Å². The summed E-state index contributed by atoms with van der Waals surface area (Å²) in [4.78, 5) is 25.4. The molecular weight excluding hydrogens is 332 g/mol. The molecule has 1 aromatic carbocycles. The molecule has 0 radical (unpaired) electrons. The highest BCUT2D eigenvalue weighted by atomic mass is 16.4. The minimum atomic E-state index is -0.944. The number of carbonyl (C=O) groups is 1. The monoisotopic (exact) mass is 352 g/mol. The van der Waals surface area contributed by atoms with Crippen LogP contribution in [0.2, 0.25) is 0 Å². The Bertz CT molecular complexity index is 955. The molecule has 7 nitrogen and oxygen atoms in total. The van der Waals surface area contributed by atoms with E-state index in [2.05, 4.69) is 15.0 Å². The van der Waals surface area contributed by atoms with Gasteiger partial charge in [0.05, 0.1) is 17.3 Å². The molecule has 0 aliphatic heterocycles. The number of aromatic nitrogens is 3. The number of aliphatic hydroxyl groups excluding tert-OH is 1. The zero-order valence-corrected chi connectivity index (χ0v) is 14.8. The number of aliphatic hydroxyl groups is 1. The van der Waals surface area contributed by atoms with E-state index in [9.17, 15) is 9.90 Å². The predicted molar refractivity (Wildman–Crippen MR) is 99.0 cm³/mol. The van der Waals surface area contributed by atoms with Crippen molar-refractivity contribution in [1.82, 2.24) is 15.0 Å². The maximum atomic E-state index is 10.8. The molecule has 0 fully saturated rings. The molecule has 1 unspecified atom stereocenters. The number of fused-ring (bicyclic) bond motifs is 1. The van der Waals surface area contributed by atoms with E-state index in [0.29, 0.717) is 5.95 Å². The van der Waals surface area contributed by atoms with Gasteiger partial charge in [-0.2, -0.15) is 0 Å². The highest BCUT2D eigenvalue weighted by Crippen LogP contribution is 2.26. The summed E-state index contributed by atoms with van der Waals surface area (Å²) in [5.74, 6) is -0.606. The number of benzene rings is 1. The number of anilines is 1. The number of hydrogen-bond acceptors (Lipinski definition) is 6. The van der Waals surface area contributed by atoms with Gasteiger partial charge in [-0.15, -0.1) is 0 Å². The van der Waals surface area contributed by atoms with E-state index in [0.717, 1.165) is 33.3 Å². The molecule has 0 bridgehead atoms. The van der Waals surface area contributed by atoms with Gasteiger partial charge in [-0.3, -0.25) is 4.79 Å². The van der Waals surface area contributed by atoms with Crippen LogP contribution in [-0.4, -0.2) is 44.7 Å². The van der Waals surface area contributed by atoms with E-state index in [1.165, 1.54) is 4.90 Å². The van der Waals surface area contributed by atoms with E-state index in [4.69, 9.17) is 5.11 Å². The second-order valence-electron chi connectivity index (χ2n) is 6.30. The lowest BCUT2D eigenvalue weighted by molar-refractivity contribution is -0.135. The number of pyridine rings is 1. The lowest BCUT2D eigenvalue weighted by Crippen LogP contribution is -2.26. The maximum Gasteiger partial charge on any atom is 0.323 e. The van der Waals surface area contributed by atoms with Gasteiger partial charge in [0.2, 0.25) is 5.95 Å². The van der Waals surface area contributed by atoms with Gasteiger partial charge in [0.25, 0.3) is 0 Å². The van der Waals surface area contributed by atoms with Gasteiger partial charge >= 0.3 is 5.97 Å². The van der Waals surface area contributed by atoms with Crippen molar-refractivity contribution in [2.75, 3.05) is 18.5 Å². The summed E-state index contributed by atoms with van der Waals surface area (Å²) in [5.41, 5.74) is 4.14. The van der Waals surface area contributed by atoms with Gasteiger partial charge in [-0.05, 0) is 37.1 Å². The first-order chi connectivity index (χ1) is 12.3. The quantitative estimate of drug-likeness (QED) is 0.728. The van der Waals surface area contributed by atoms with Gasteiger partial charge in [-0.25, -0.2) is 15.0 Å². The highest BCUT2D eigenvalue weighted by molar-refractivity contribution is 5.85. The van der Waals surface area contributed by atoms with Crippen LogP contribution in [0.25, 0.3) is 22.2 Å². The number of likely N-dealkylation sites (N-methyl/N-ethyl adjacent to an activating group) is 1. The van der Waals surface area contributed by atoms with Crippen molar-refractivity contribution in [2.45, 2.75) is 20.0 Å². The predicted octanol–water partition coefficient (Wildman–Crippen LogP) is 2.57. The topological polar surface area (TPSA) is 99.4 Å². The molecule has 0 saturated carbocycles. The third kappa shape index (κ3) is 3.62. The van der Waals surface area contributed by atoms with Crippen molar-refractivity contribution in [2.24, 2.45) is 0 Å². The number of aliphatic carboxylic acids is 1. The standard InChI is InChI=1S/C19H20N4O3/c1-11-6-16(22-17-7-13(12(2)24)4-5-15(11)17)14-8-20-19(21-9-14)23(3)10-18(25)26/h4-9,12,24H,10H2,1-3H3,(H,25,26). The summed E-state index contributed by atoms with van der Waals surface area (Å²) in [6.07, 6.45) is 2.71. The summed E-state index contributed by atoms with van der Waals surface area (Å²) in [7, 11) is 1.62. The van der Waals surface area contributed by atoms with Crippen molar-refractivity contribution in [3.8, 4) is 11.3 Å². The molecule has 134 valence electrons. The van der Waals surface area contributed by atoms with Crippen LogP contribution in [0.3, 0.4) is 0 Å². The summed E-state index contributed by atoms with van der Waals surface area (Å²) in [6, 6.07) is 7.71. The summed E-state index contributed by atoms with van der Waals surface area (Å²) in [5, 5.41) is 19.7. The molecule has 2 aromatic heterocycles. The van der Waals surface area contributed by atoms with Crippen LogP contribution in [0.5, 0.6) is 0 Å². The maximum absolute atomic E-state index is 10.8. The van der Waals surface area contributed by atoms with Crippen LogP contribution in [0, 0.1) is 6.92 Å². The largest absolute Gasteiger partial charge is 0.480 e. The number of aryl methyl sites for hydroxylation is 1. The second kappa shape index (κ2) is 7.05. The third-order valence-electron chi connectivity index (χ3n) is 4.17. The Morgan fingerprint density at radius 1 is 1.23 bits per heavy atom. The molecule has 3 rings (SSSR count). The molecule has 0 saturated heterocycles. The van der Waals surface area contributed by atoms with Crippen LogP contribution < -0.4 is 4.90 Å². The Morgan fingerprint density at radius 3 is 2.54 bits per heavy atom. The average molecular weight is 352 g/mol. The van der Waals surface area contributed by atoms with Crippen molar-refractivity contribution in [1.29, 1.82) is 0 Å². The Balaban J connectivity index is 1.98. The Labute approximate surface area is 151 Å². The van der Waals surface area contributed by atoms with Crippen molar-refractivity contribution < 1.29 is 15.0 Å². The SMILES string of the molecule is Cc1cc(-c2cnc(N(C)CC(=O)O)nc2)nc2cc(C(C)O)ccc12. The number of nitrogens with zero attached hydrogens (tertiary/aromatic N) is 4. The van der Waals surface area contributed by atoms with Gasteiger partial charge < -0.3 is 15.1 Å². The summed E-state index contributed by atoms with van der Waals surface area (Å²) >= 11 is 0. The fourth-order valence-electron chi connectivity index (χ4n) is 2.75. The molecule has 1 atom stereocenters. The molecular formula is C19H20N4O3. The fraction of sp³-hybridized carbons (Fsp3) is 0.263. The highest BCUT2D eigenvalue weighted by Gasteiger charge is 2.11. The minimum Gasteiger partial charge on any atom is -0.480 e. The lowest BCUT2D eigenvalue weighted by Gasteiger charge is -2.14. The van der Waals surface area contributed by atoms with Crippen LogP contribution in [-0.2, 0) is 4.79 Å². The van der Waals surface area contributed by atoms with Crippen molar-refractivity contribution >= 4 is 22.8 Å². The molecule has 2 N–H and O–H groups in total. The normalized spacial score (nSPS) is 12.2. The van der Waals surface area contributed by atoms with E-state index in [-0.39, 0.29) is 6.54 Å². The Hall–Kier alpha value is -3.06. The van der Waals surface area contributed by atoms with Crippen LogP contribution in [0.15, 0.2) is 36.7 Å². The van der Waals surface area contributed by atoms with Gasteiger partial charge in [-0.1, -0.05) is 12.1 Å². The van der Waals surface area contributed by atoms with Gasteiger partial charge in [0.1, 0.15) is 6.54 Å². The first kappa shape index (κ1) is 17.8. The molecule has 26 heavy (non-hydrogen) atoms. The van der Waals surface area contributed by atoms with Crippen LogP contribution in [0.1, 0.15) is 24.2 Å². The fourth-order valence-corrected chi connectivity index (χ4v) is 2.75. The Morgan fingerprint density at radius 2 is 1.92 bits per heavy atom. The first-order valence-electron chi connectivity index (χ1n) is 8.20. The van der Waals surface area contributed by atoms with Crippen molar-refractivity contribution in [3.63, 3.8) is 0 Å². The van der Waals surface area contributed by atoms with Crippen molar-refractivity contribution in [3.05, 3.63) is 47.8 Å². The van der Waals surface area contributed by atoms with Crippen LogP contribution >= 0.6 is 0 Å². The number of carboxylic acids is 1. The van der Waals surface area contributed by atoms with Gasteiger partial charge in [0, 0.05) is 30.4 Å². The third-order valence-corrected chi connectivity index (χ3v) is 4.17. The molecule has 3 aromatic rings. The number of carboxylic acid groups (broad SMARTS) is 1. The summed E-state index contributed by atoms with van der Waals surface area (Å²) in [6.45, 7) is 3.55. The smallest absolute Gasteiger partial charge is 0.323 e. The lowest BCUT2D eigenvalue weighted by atomic mass is 10.0. The zero-order valence-electron chi connectivity index (χ0n) is 14.8. The molecule has 2 heterocycles. The molecule has 7 heteroatoms. The van der Waals surface area contributed by atoms with E-state index in [1.54, 1.807) is 26.4 Å². The molecule has 0 amide bonds. The second-order valence-corrected chi connectivity index (χ2v) is 6.30. The molecule has 0 aliphatic carbocycles. The number of rotatable bonds is 5. The first-order valence-corrected chi connectivity index (χ1v) is 8.20. The van der Waals surface area contributed by atoms with Crippen LogP contribution in [0.4, 0.5) is 5.95 Å². The zero-order chi connectivity index (χ0) is 18.8. The molecule has 0 spiro atoms. The van der Waals surface area contributed by atoms with Gasteiger partial charge in [0.15, 0.2) is 0 Å². The molecule has 0 aliphatic rings. The van der Waals surface area contributed by atoms with E-state index >= 15 is 0 Å². The number of hydrogen-bond donors (Lipinski definition) is 2. The van der Waals surface area contributed by atoms with E-state index in [1.807, 2.05) is 31.2 Å². The minimum absolute atomic E-state index is 0.172. The average Bonchev–Trinajstić information content (AvgIpc) is 2.60. The summed E-state index contributed by atoms with van der Waals surface area (Å²) < 4.78 is 0. The Kier molecular flexibility index (Phi) is 4.81.